The van der Waals surface area contributed by atoms with Crippen LogP contribution in [0, 0.1) is 17.1 Å². The molecule has 1 atom stereocenters. The SMILES string of the molecule is N#Cc1ccc(F)c(CN2CCCCC2C(N)=O)c1. The first-order valence-corrected chi connectivity index (χ1v) is 6.33. The van der Waals surface area contributed by atoms with Crippen LogP contribution >= 0.6 is 0 Å². The monoisotopic (exact) mass is 261 g/mol. The standard InChI is InChI=1S/C14H16FN3O/c15-12-5-4-10(8-16)7-11(12)9-18-6-2-1-3-13(18)14(17)19/h4-5,7,13H,1-3,6,9H2,(H2,17,19). The van der Waals surface area contributed by atoms with Crippen LogP contribution in [0.25, 0.3) is 0 Å². The lowest BCUT2D eigenvalue weighted by Crippen LogP contribution is -2.47. The molecule has 2 N–H and O–H groups in total. The molecule has 5 heteroatoms. The van der Waals surface area contributed by atoms with Crippen molar-refractivity contribution in [3.05, 3.63) is 35.1 Å². The van der Waals surface area contributed by atoms with Gasteiger partial charge in [-0.15, -0.1) is 0 Å². The van der Waals surface area contributed by atoms with Crippen LogP contribution in [0.1, 0.15) is 30.4 Å². The van der Waals surface area contributed by atoms with E-state index in [0.717, 1.165) is 25.8 Å². The smallest absolute Gasteiger partial charge is 0.234 e. The van der Waals surface area contributed by atoms with Gasteiger partial charge in [0.15, 0.2) is 0 Å². The van der Waals surface area contributed by atoms with Crippen molar-refractivity contribution in [3.8, 4) is 6.07 Å². The van der Waals surface area contributed by atoms with Crippen molar-refractivity contribution in [3.63, 3.8) is 0 Å². The number of amides is 1. The maximum absolute atomic E-state index is 13.7. The molecule has 1 aliphatic rings. The quantitative estimate of drug-likeness (QED) is 0.897. The van der Waals surface area contributed by atoms with Crippen molar-refractivity contribution in [2.45, 2.75) is 31.8 Å². The van der Waals surface area contributed by atoms with Crippen LogP contribution < -0.4 is 5.73 Å². The Bertz CT molecular complexity index is 524. The minimum Gasteiger partial charge on any atom is -0.368 e. The number of hydrogen-bond acceptors (Lipinski definition) is 3. The lowest BCUT2D eigenvalue weighted by atomic mass is 10.00. The molecule has 4 nitrogen and oxygen atoms in total. The summed E-state index contributed by atoms with van der Waals surface area (Å²) in [6.45, 7) is 1.04. The zero-order chi connectivity index (χ0) is 13.8. The van der Waals surface area contributed by atoms with Gasteiger partial charge < -0.3 is 5.73 Å². The molecule has 0 spiro atoms. The second-order valence-electron chi connectivity index (χ2n) is 4.80. The Labute approximate surface area is 111 Å². The van der Waals surface area contributed by atoms with E-state index in [4.69, 9.17) is 11.0 Å². The molecule has 1 aromatic rings. The van der Waals surface area contributed by atoms with Crippen LogP contribution in [0.5, 0.6) is 0 Å². The fourth-order valence-electron chi connectivity index (χ4n) is 2.49. The number of nitriles is 1. The van der Waals surface area contributed by atoms with Crippen molar-refractivity contribution in [1.29, 1.82) is 5.26 Å². The van der Waals surface area contributed by atoms with E-state index >= 15 is 0 Å². The van der Waals surface area contributed by atoms with Gasteiger partial charge in [0.1, 0.15) is 5.82 Å². The van der Waals surface area contributed by atoms with Crippen LogP contribution in [0.4, 0.5) is 4.39 Å². The molecule has 1 heterocycles. The highest BCUT2D eigenvalue weighted by Gasteiger charge is 2.27. The molecule has 100 valence electrons. The zero-order valence-corrected chi connectivity index (χ0v) is 10.6. The summed E-state index contributed by atoms with van der Waals surface area (Å²) in [6.07, 6.45) is 2.66. The van der Waals surface area contributed by atoms with Gasteiger partial charge in [0.05, 0.1) is 17.7 Å². The summed E-state index contributed by atoms with van der Waals surface area (Å²) in [4.78, 5) is 13.3. The highest BCUT2D eigenvalue weighted by atomic mass is 19.1. The van der Waals surface area contributed by atoms with E-state index in [0.29, 0.717) is 17.7 Å². The number of carbonyl (C=O) groups excluding carboxylic acids is 1. The molecule has 1 unspecified atom stereocenters. The first-order chi connectivity index (χ1) is 9.11. The molecule has 1 saturated heterocycles. The Morgan fingerprint density at radius 3 is 3.00 bits per heavy atom. The number of primary amides is 1. The number of hydrogen-bond donors (Lipinski definition) is 1. The predicted molar refractivity (Wildman–Crippen MR) is 68.4 cm³/mol. The number of piperidine rings is 1. The van der Waals surface area contributed by atoms with Gasteiger partial charge in [-0.1, -0.05) is 6.42 Å². The Morgan fingerprint density at radius 2 is 2.32 bits per heavy atom. The molecule has 0 bridgehead atoms. The summed E-state index contributed by atoms with van der Waals surface area (Å²) >= 11 is 0. The van der Waals surface area contributed by atoms with Crippen molar-refractivity contribution in [2.75, 3.05) is 6.54 Å². The van der Waals surface area contributed by atoms with Crippen molar-refractivity contribution < 1.29 is 9.18 Å². The lowest BCUT2D eigenvalue weighted by Gasteiger charge is -2.33. The van der Waals surface area contributed by atoms with E-state index in [1.807, 2.05) is 11.0 Å². The van der Waals surface area contributed by atoms with Gasteiger partial charge in [-0.05, 0) is 37.6 Å². The molecule has 1 aromatic carbocycles. The van der Waals surface area contributed by atoms with Crippen molar-refractivity contribution >= 4 is 5.91 Å². The van der Waals surface area contributed by atoms with E-state index in [2.05, 4.69) is 0 Å². The molecule has 1 amide bonds. The number of nitrogens with two attached hydrogens (primary N) is 1. The third kappa shape index (κ3) is 3.09. The molecule has 0 saturated carbocycles. The molecule has 1 fully saturated rings. The number of rotatable bonds is 3. The van der Waals surface area contributed by atoms with E-state index in [1.165, 1.54) is 18.2 Å². The normalized spacial score (nSPS) is 19.9. The number of benzene rings is 1. The lowest BCUT2D eigenvalue weighted by molar-refractivity contribution is -0.124. The predicted octanol–water partition coefficient (Wildman–Crippen LogP) is 1.54. The van der Waals surface area contributed by atoms with Crippen LogP contribution in [0.3, 0.4) is 0 Å². The molecule has 1 aliphatic heterocycles. The average molecular weight is 261 g/mol. The Hall–Kier alpha value is -1.93. The third-order valence-corrected chi connectivity index (χ3v) is 3.49. The number of carbonyl (C=O) groups is 1. The maximum atomic E-state index is 13.7. The van der Waals surface area contributed by atoms with Crippen LogP contribution in [-0.2, 0) is 11.3 Å². The fourth-order valence-corrected chi connectivity index (χ4v) is 2.49. The summed E-state index contributed by atoms with van der Waals surface area (Å²) in [5.74, 6) is -0.718. The Morgan fingerprint density at radius 1 is 1.53 bits per heavy atom. The van der Waals surface area contributed by atoms with Crippen LogP contribution in [-0.4, -0.2) is 23.4 Å². The van der Waals surface area contributed by atoms with Crippen LogP contribution in [0.2, 0.25) is 0 Å². The van der Waals surface area contributed by atoms with E-state index in [9.17, 15) is 9.18 Å². The second kappa shape index (κ2) is 5.81. The van der Waals surface area contributed by atoms with Gasteiger partial charge in [-0.25, -0.2) is 4.39 Å². The van der Waals surface area contributed by atoms with Crippen molar-refractivity contribution in [2.24, 2.45) is 5.73 Å². The topological polar surface area (TPSA) is 70.1 Å². The molecule has 0 aromatic heterocycles. The minimum absolute atomic E-state index is 0.314. The summed E-state index contributed by atoms with van der Waals surface area (Å²) in [7, 11) is 0. The molecule has 0 radical (unpaired) electrons. The molecule has 19 heavy (non-hydrogen) atoms. The van der Waals surface area contributed by atoms with Crippen molar-refractivity contribution in [1.82, 2.24) is 4.90 Å². The summed E-state index contributed by atoms with van der Waals surface area (Å²) in [5, 5.41) is 8.84. The number of nitrogens with zero attached hydrogens (tertiary/aromatic N) is 2. The summed E-state index contributed by atoms with van der Waals surface area (Å²) in [5.41, 5.74) is 6.24. The molecule has 0 aliphatic carbocycles. The Kier molecular flexibility index (Phi) is 4.13. The van der Waals surface area contributed by atoms with Gasteiger partial charge in [0, 0.05) is 12.1 Å². The van der Waals surface area contributed by atoms with E-state index < -0.39 is 0 Å². The Balaban J connectivity index is 2.19. The third-order valence-electron chi connectivity index (χ3n) is 3.49. The first-order valence-electron chi connectivity index (χ1n) is 6.33. The van der Waals surface area contributed by atoms with Gasteiger partial charge in [-0.3, -0.25) is 9.69 Å². The highest BCUT2D eigenvalue weighted by molar-refractivity contribution is 5.79. The largest absolute Gasteiger partial charge is 0.368 e. The summed E-state index contributed by atoms with van der Waals surface area (Å²) in [6, 6.07) is 5.92. The summed E-state index contributed by atoms with van der Waals surface area (Å²) < 4.78 is 13.7. The second-order valence-corrected chi connectivity index (χ2v) is 4.80. The highest BCUT2D eigenvalue weighted by Crippen LogP contribution is 2.21. The molecule has 2 rings (SSSR count). The fraction of sp³-hybridized carbons (Fsp3) is 0.429. The molecular formula is C14H16FN3O. The van der Waals surface area contributed by atoms with Gasteiger partial charge in [-0.2, -0.15) is 5.26 Å². The zero-order valence-electron chi connectivity index (χ0n) is 10.6. The number of likely N-dealkylation sites (tertiary alicyclic amines) is 1. The van der Waals surface area contributed by atoms with Gasteiger partial charge in [0.2, 0.25) is 5.91 Å². The van der Waals surface area contributed by atoms with Crippen LogP contribution in [0.15, 0.2) is 18.2 Å². The van der Waals surface area contributed by atoms with E-state index in [1.54, 1.807) is 0 Å². The van der Waals surface area contributed by atoms with Gasteiger partial charge in [0.25, 0.3) is 0 Å². The minimum atomic E-state index is -0.364. The van der Waals surface area contributed by atoms with Gasteiger partial charge >= 0.3 is 0 Å². The maximum Gasteiger partial charge on any atom is 0.234 e. The molecular weight excluding hydrogens is 245 g/mol. The average Bonchev–Trinajstić information content (AvgIpc) is 2.41. The number of halogens is 1. The first kappa shape index (κ1) is 13.5. The van der Waals surface area contributed by atoms with E-state index in [-0.39, 0.29) is 17.8 Å².